The van der Waals surface area contributed by atoms with Crippen LogP contribution in [0.3, 0.4) is 0 Å². The van der Waals surface area contributed by atoms with E-state index >= 15 is 0 Å². The summed E-state index contributed by atoms with van der Waals surface area (Å²) in [6, 6.07) is 19.8. The van der Waals surface area contributed by atoms with E-state index in [9.17, 15) is 9.59 Å². The third-order valence-electron chi connectivity index (χ3n) is 3.73. The van der Waals surface area contributed by atoms with Gasteiger partial charge >= 0.3 is 0 Å². The number of carbonyl (C=O) groups is 2. The van der Waals surface area contributed by atoms with Crippen molar-refractivity contribution in [1.29, 1.82) is 5.26 Å². The van der Waals surface area contributed by atoms with Gasteiger partial charge in [0.2, 0.25) is 11.8 Å². The summed E-state index contributed by atoms with van der Waals surface area (Å²) in [6.07, 6.45) is 0.350. The fourth-order valence-corrected chi connectivity index (χ4v) is 2.54. The molecule has 2 aromatic rings. The van der Waals surface area contributed by atoms with Gasteiger partial charge < -0.3 is 11.1 Å². The maximum absolute atomic E-state index is 12.8. The van der Waals surface area contributed by atoms with Crippen LogP contribution < -0.4 is 11.1 Å². The largest absolute Gasteiger partial charge is 0.368 e. The summed E-state index contributed by atoms with van der Waals surface area (Å²) < 4.78 is 0. The van der Waals surface area contributed by atoms with Crippen molar-refractivity contribution in [3.05, 3.63) is 71.8 Å². The molecule has 0 radical (unpaired) electrons. The molecule has 0 fully saturated rings. The van der Waals surface area contributed by atoms with Crippen LogP contribution in [0.1, 0.15) is 29.9 Å². The molecule has 2 aromatic carbocycles. The summed E-state index contributed by atoms with van der Waals surface area (Å²) in [6.45, 7) is 0. The number of benzene rings is 2. The van der Waals surface area contributed by atoms with Gasteiger partial charge in [-0.2, -0.15) is 5.26 Å². The number of primary amides is 1. The van der Waals surface area contributed by atoms with E-state index in [4.69, 9.17) is 11.0 Å². The smallest absolute Gasteiger partial charge is 0.240 e. The Balaban J connectivity index is 2.28. The lowest BCUT2D eigenvalue weighted by Gasteiger charge is -2.21. The van der Waals surface area contributed by atoms with Gasteiger partial charge in [0.1, 0.15) is 6.04 Å². The molecular formula is C19H19N3O2. The summed E-state index contributed by atoms with van der Waals surface area (Å²) in [5.41, 5.74) is 6.99. The molecule has 24 heavy (non-hydrogen) atoms. The van der Waals surface area contributed by atoms with Gasteiger partial charge in [-0.05, 0) is 17.5 Å². The normalized spacial score (nSPS) is 11.5. The van der Waals surface area contributed by atoms with E-state index in [1.165, 1.54) is 0 Å². The zero-order chi connectivity index (χ0) is 17.4. The number of nitriles is 1. The molecule has 0 aliphatic heterocycles. The zero-order valence-electron chi connectivity index (χ0n) is 13.2. The lowest BCUT2D eigenvalue weighted by atomic mass is 9.90. The first-order valence-corrected chi connectivity index (χ1v) is 7.70. The Morgan fingerprint density at radius 1 is 1.00 bits per heavy atom. The maximum atomic E-state index is 12.8. The van der Waals surface area contributed by atoms with Gasteiger partial charge in [0.05, 0.1) is 12.0 Å². The van der Waals surface area contributed by atoms with E-state index in [1.807, 2.05) is 66.7 Å². The van der Waals surface area contributed by atoms with Crippen molar-refractivity contribution in [2.45, 2.75) is 24.8 Å². The highest BCUT2D eigenvalue weighted by molar-refractivity contribution is 5.91. The number of hydrogen-bond donors (Lipinski definition) is 2. The molecule has 0 saturated carbocycles. The lowest BCUT2D eigenvalue weighted by Crippen LogP contribution is -2.46. The van der Waals surface area contributed by atoms with Crippen LogP contribution in [0.15, 0.2) is 60.7 Å². The first kappa shape index (κ1) is 17.2. The van der Waals surface area contributed by atoms with E-state index in [0.717, 1.165) is 11.1 Å². The summed E-state index contributed by atoms with van der Waals surface area (Å²) in [7, 11) is 0. The van der Waals surface area contributed by atoms with Crippen LogP contribution in [-0.4, -0.2) is 17.9 Å². The van der Waals surface area contributed by atoms with Crippen molar-refractivity contribution in [2.24, 2.45) is 5.73 Å². The Hall–Kier alpha value is -3.13. The number of amides is 2. The van der Waals surface area contributed by atoms with E-state index in [2.05, 4.69) is 5.32 Å². The summed E-state index contributed by atoms with van der Waals surface area (Å²) >= 11 is 0. The average molecular weight is 321 g/mol. The van der Waals surface area contributed by atoms with E-state index in [-0.39, 0.29) is 18.7 Å². The standard InChI is InChI=1S/C19H19N3O2/c20-13-7-12-16(18(21)23)22-19(24)17(14-8-3-1-4-9-14)15-10-5-2-6-11-15/h1-6,8-11,16-17H,7,12H2,(H2,21,23)(H,22,24)/t16-/m0/s1. The third-order valence-corrected chi connectivity index (χ3v) is 3.73. The van der Waals surface area contributed by atoms with Crippen molar-refractivity contribution >= 4 is 11.8 Å². The van der Waals surface area contributed by atoms with E-state index in [0.29, 0.717) is 0 Å². The predicted octanol–water partition coefficient (Wildman–Crippen LogP) is 2.09. The molecule has 0 spiro atoms. The van der Waals surface area contributed by atoms with Crippen LogP contribution in [0.2, 0.25) is 0 Å². The molecule has 0 aliphatic carbocycles. The van der Waals surface area contributed by atoms with Crippen molar-refractivity contribution in [2.75, 3.05) is 0 Å². The number of nitrogens with two attached hydrogens (primary N) is 1. The van der Waals surface area contributed by atoms with Crippen LogP contribution in [0.25, 0.3) is 0 Å². The minimum Gasteiger partial charge on any atom is -0.368 e. The Morgan fingerprint density at radius 3 is 1.92 bits per heavy atom. The molecule has 3 N–H and O–H groups in total. The van der Waals surface area contributed by atoms with Crippen LogP contribution >= 0.6 is 0 Å². The molecule has 0 bridgehead atoms. The average Bonchev–Trinajstić information content (AvgIpc) is 2.60. The second-order valence-electron chi connectivity index (χ2n) is 5.41. The Labute approximate surface area is 141 Å². The second kappa shape index (κ2) is 8.49. The van der Waals surface area contributed by atoms with Gasteiger partial charge in [0, 0.05) is 6.42 Å². The molecule has 2 rings (SSSR count). The zero-order valence-corrected chi connectivity index (χ0v) is 13.2. The van der Waals surface area contributed by atoms with Gasteiger partial charge in [0.25, 0.3) is 0 Å². The maximum Gasteiger partial charge on any atom is 0.240 e. The molecule has 122 valence electrons. The molecule has 0 saturated heterocycles. The fraction of sp³-hybridized carbons (Fsp3) is 0.211. The summed E-state index contributed by atoms with van der Waals surface area (Å²) in [5.74, 6) is -1.50. The molecular weight excluding hydrogens is 302 g/mol. The van der Waals surface area contributed by atoms with E-state index < -0.39 is 17.9 Å². The fourth-order valence-electron chi connectivity index (χ4n) is 2.54. The number of nitrogens with zero attached hydrogens (tertiary/aromatic N) is 1. The van der Waals surface area contributed by atoms with Crippen LogP contribution in [0.5, 0.6) is 0 Å². The molecule has 0 heterocycles. The molecule has 2 amide bonds. The Bertz CT molecular complexity index is 684. The molecule has 5 nitrogen and oxygen atoms in total. The van der Waals surface area contributed by atoms with Gasteiger partial charge in [-0.25, -0.2) is 0 Å². The van der Waals surface area contributed by atoms with Gasteiger partial charge in [-0.3, -0.25) is 9.59 Å². The number of carbonyl (C=O) groups excluding carboxylic acids is 2. The van der Waals surface area contributed by atoms with E-state index in [1.54, 1.807) is 0 Å². The van der Waals surface area contributed by atoms with Gasteiger partial charge in [-0.15, -0.1) is 0 Å². The summed E-state index contributed by atoms with van der Waals surface area (Å²) in [5, 5.41) is 11.4. The highest BCUT2D eigenvalue weighted by atomic mass is 16.2. The monoisotopic (exact) mass is 321 g/mol. The topological polar surface area (TPSA) is 96.0 Å². The first-order valence-electron chi connectivity index (χ1n) is 7.70. The molecule has 0 unspecified atom stereocenters. The number of nitrogens with one attached hydrogen (secondary N) is 1. The first-order chi connectivity index (χ1) is 11.6. The second-order valence-corrected chi connectivity index (χ2v) is 5.41. The number of rotatable bonds is 7. The van der Waals surface area contributed by atoms with Crippen molar-refractivity contribution in [3.8, 4) is 6.07 Å². The molecule has 0 aliphatic rings. The molecule has 0 aromatic heterocycles. The van der Waals surface area contributed by atoms with Crippen molar-refractivity contribution in [1.82, 2.24) is 5.32 Å². The highest BCUT2D eigenvalue weighted by Crippen LogP contribution is 2.25. The van der Waals surface area contributed by atoms with Crippen LogP contribution in [0.4, 0.5) is 0 Å². The van der Waals surface area contributed by atoms with Crippen molar-refractivity contribution in [3.63, 3.8) is 0 Å². The number of hydrogen-bond acceptors (Lipinski definition) is 3. The minimum atomic E-state index is -0.855. The molecule has 1 atom stereocenters. The summed E-state index contributed by atoms with van der Waals surface area (Å²) in [4.78, 5) is 24.4. The van der Waals surface area contributed by atoms with Crippen LogP contribution in [0, 0.1) is 11.3 Å². The quantitative estimate of drug-likeness (QED) is 0.817. The van der Waals surface area contributed by atoms with Crippen LogP contribution in [-0.2, 0) is 9.59 Å². The predicted molar refractivity (Wildman–Crippen MR) is 90.7 cm³/mol. The Morgan fingerprint density at radius 2 is 1.50 bits per heavy atom. The molecule has 5 heteroatoms. The van der Waals surface area contributed by atoms with Gasteiger partial charge in [0.15, 0.2) is 0 Å². The minimum absolute atomic E-state index is 0.148. The third kappa shape index (κ3) is 4.43. The van der Waals surface area contributed by atoms with Crippen molar-refractivity contribution < 1.29 is 9.59 Å². The highest BCUT2D eigenvalue weighted by Gasteiger charge is 2.26. The van der Waals surface area contributed by atoms with Gasteiger partial charge in [-0.1, -0.05) is 60.7 Å². The Kier molecular flexibility index (Phi) is 6.09. The SMILES string of the molecule is N#CCC[C@H](NC(=O)C(c1ccccc1)c1ccccc1)C(N)=O. The lowest BCUT2D eigenvalue weighted by molar-refractivity contribution is -0.127.